The van der Waals surface area contributed by atoms with Crippen molar-refractivity contribution >= 4 is 17.8 Å². The van der Waals surface area contributed by atoms with Gasteiger partial charge in [0, 0.05) is 5.75 Å². The lowest BCUT2D eigenvalue weighted by atomic mass is 10.1. The van der Waals surface area contributed by atoms with E-state index in [9.17, 15) is 5.11 Å². The van der Waals surface area contributed by atoms with Crippen LogP contribution in [0.2, 0.25) is 0 Å². The number of hydrogen-bond acceptors (Lipinski definition) is 2. The lowest BCUT2D eigenvalue weighted by molar-refractivity contribution is 0.259. The van der Waals surface area contributed by atoms with Crippen molar-refractivity contribution in [3.8, 4) is 0 Å². The minimum absolute atomic E-state index is 0.248. The third-order valence-electron chi connectivity index (χ3n) is 1.98. The Morgan fingerprint density at radius 1 is 1.57 bits per heavy atom. The standard InChI is InChI=1S/C12H16OS/c1-3-10-6-5-7-11(8-10)9-14-12(13)4-2/h3,5-8,12-13H,1,4,9H2,2H3. The van der Waals surface area contributed by atoms with Gasteiger partial charge in [-0.3, -0.25) is 0 Å². The predicted octanol–water partition coefficient (Wildman–Crippen LogP) is 3.29. The van der Waals surface area contributed by atoms with E-state index in [1.807, 2.05) is 25.1 Å². The predicted molar refractivity (Wildman–Crippen MR) is 64.1 cm³/mol. The molecule has 0 amide bonds. The van der Waals surface area contributed by atoms with Crippen molar-refractivity contribution < 1.29 is 5.11 Å². The normalized spacial score (nSPS) is 12.4. The molecule has 0 bridgehead atoms. The second-order valence-corrected chi connectivity index (χ2v) is 4.29. The highest BCUT2D eigenvalue weighted by Crippen LogP contribution is 2.19. The Hall–Kier alpha value is -0.730. The molecule has 0 fully saturated rings. The molecule has 1 aromatic rings. The van der Waals surface area contributed by atoms with E-state index in [0.29, 0.717) is 0 Å². The Balaban J connectivity index is 2.54. The van der Waals surface area contributed by atoms with Gasteiger partial charge >= 0.3 is 0 Å². The summed E-state index contributed by atoms with van der Waals surface area (Å²) in [4.78, 5) is 0. The Bertz CT molecular complexity index is 296. The number of aliphatic hydroxyl groups excluding tert-OH is 1. The molecule has 1 atom stereocenters. The van der Waals surface area contributed by atoms with Crippen molar-refractivity contribution in [2.45, 2.75) is 24.5 Å². The monoisotopic (exact) mass is 208 g/mol. The summed E-state index contributed by atoms with van der Waals surface area (Å²) in [6, 6.07) is 8.22. The van der Waals surface area contributed by atoms with Gasteiger partial charge in [0.25, 0.3) is 0 Å². The molecule has 0 aromatic heterocycles. The SMILES string of the molecule is C=Cc1cccc(CSC(O)CC)c1. The number of aliphatic hydroxyl groups is 1. The average Bonchev–Trinajstić information content (AvgIpc) is 2.26. The first kappa shape index (κ1) is 11.3. The van der Waals surface area contributed by atoms with Crippen LogP contribution in [0.5, 0.6) is 0 Å². The fraction of sp³-hybridized carbons (Fsp3) is 0.333. The summed E-state index contributed by atoms with van der Waals surface area (Å²) in [5, 5.41) is 9.39. The summed E-state index contributed by atoms with van der Waals surface area (Å²) in [6.45, 7) is 5.71. The van der Waals surface area contributed by atoms with Crippen molar-refractivity contribution in [3.05, 3.63) is 42.0 Å². The molecule has 0 saturated heterocycles. The van der Waals surface area contributed by atoms with E-state index >= 15 is 0 Å². The van der Waals surface area contributed by atoms with Crippen LogP contribution in [-0.2, 0) is 5.75 Å². The summed E-state index contributed by atoms with van der Waals surface area (Å²) < 4.78 is 0. The molecular formula is C12H16OS. The molecule has 1 unspecified atom stereocenters. The second kappa shape index (κ2) is 5.89. The van der Waals surface area contributed by atoms with Crippen molar-refractivity contribution in [2.75, 3.05) is 0 Å². The van der Waals surface area contributed by atoms with Gasteiger partial charge in [0.1, 0.15) is 0 Å². The minimum atomic E-state index is -0.248. The van der Waals surface area contributed by atoms with E-state index in [1.165, 1.54) is 5.56 Å². The number of thioether (sulfide) groups is 1. The highest BCUT2D eigenvalue weighted by Gasteiger charge is 2.01. The molecule has 2 heteroatoms. The first-order chi connectivity index (χ1) is 6.76. The van der Waals surface area contributed by atoms with E-state index in [0.717, 1.165) is 17.7 Å². The minimum Gasteiger partial charge on any atom is -0.382 e. The maximum atomic E-state index is 9.39. The Morgan fingerprint density at radius 3 is 3.00 bits per heavy atom. The molecule has 0 aliphatic carbocycles. The van der Waals surface area contributed by atoms with Gasteiger partial charge in [0.15, 0.2) is 0 Å². The summed E-state index contributed by atoms with van der Waals surface area (Å²) >= 11 is 1.57. The molecule has 0 spiro atoms. The van der Waals surface area contributed by atoms with Crippen molar-refractivity contribution in [1.82, 2.24) is 0 Å². The van der Waals surface area contributed by atoms with Gasteiger partial charge in [-0.25, -0.2) is 0 Å². The number of rotatable bonds is 5. The third kappa shape index (κ3) is 3.56. The van der Waals surface area contributed by atoms with Crippen LogP contribution >= 0.6 is 11.8 Å². The van der Waals surface area contributed by atoms with E-state index in [4.69, 9.17) is 0 Å². The van der Waals surface area contributed by atoms with Crippen LogP contribution in [0.4, 0.5) is 0 Å². The zero-order valence-electron chi connectivity index (χ0n) is 8.44. The van der Waals surface area contributed by atoms with Gasteiger partial charge in [0.2, 0.25) is 0 Å². The molecule has 1 N–H and O–H groups in total. The second-order valence-electron chi connectivity index (χ2n) is 3.12. The zero-order chi connectivity index (χ0) is 10.4. The highest BCUT2D eigenvalue weighted by atomic mass is 32.2. The van der Waals surface area contributed by atoms with E-state index in [1.54, 1.807) is 11.8 Å². The van der Waals surface area contributed by atoms with Gasteiger partial charge in [0.05, 0.1) is 5.44 Å². The molecule has 0 aliphatic heterocycles. The molecule has 1 aromatic carbocycles. The molecule has 0 radical (unpaired) electrons. The summed E-state index contributed by atoms with van der Waals surface area (Å²) in [5.74, 6) is 0.858. The topological polar surface area (TPSA) is 20.2 Å². The fourth-order valence-corrected chi connectivity index (χ4v) is 1.92. The van der Waals surface area contributed by atoms with Crippen LogP contribution in [0.25, 0.3) is 6.08 Å². The Kier molecular flexibility index (Phi) is 4.77. The molecule has 1 rings (SSSR count). The average molecular weight is 208 g/mol. The third-order valence-corrected chi connectivity index (χ3v) is 3.20. The summed E-state index contributed by atoms with van der Waals surface area (Å²) in [7, 11) is 0. The maximum Gasteiger partial charge on any atom is 0.0993 e. The lowest BCUT2D eigenvalue weighted by Gasteiger charge is -2.07. The molecular weight excluding hydrogens is 192 g/mol. The van der Waals surface area contributed by atoms with Gasteiger partial charge < -0.3 is 5.11 Å². The molecule has 76 valence electrons. The van der Waals surface area contributed by atoms with Gasteiger partial charge in [-0.1, -0.05) is 43.8 Å². The van der Waals surface area contributed by atoms with Crippen LogP contribution in [0, 0.1) is 0 Å². The van der Waals surface area contributed by atoms with Gasteiger partial charge in [-0.05, 0) is 17.5 Å². The molecule has 0 aliphatic rings. The van der Waals surface area contributed by atoms with Crippen molar-refractivity contribution in [1.29, 1.82) is 0 Å². The Labute approximate surface area is 89.8 Å². The van der Waals surface area contributed by atoms with Crippen LogP contribution in [0.3, 0.4) is 0 Å². The van der Waals surface area contributed by atoms with E-state index < -0.39 is 0 Å². The summed E-state index contributed by atoms with van der Waals surface area (Å²) in [6.07, 6.45) is 2.64. The number of benzene rings is 1. The van der Waals surface area contributed by atoms with Crippen LogP contribution < -0.4 is 0 Å². The smallest absolute Gasteiger partial charge is 0.0993 e. The fourth-order valence-electron chi connectivity index (χ4n) is 1.12. The number of hydrogen-bond donors (Lipinski definition) is 1. The van der Waals surface area contributed by atoms with Crippen LogP contribution in [0.15, 0.2) is 30.8 Å². The molecule has 0 saturated carbocycles. The molecule has 14 heavy (non-hydrogen) atoms. The van der Waals surface area contributed by atoms with Crippen molar-refractivity contribution in [3.63, 3.8) is 0 Å². The summed E-state index contributed by atoms with van der Waals surface area (Å²) in [5.41, 5.74) is 2.12. The van der Waals surface area contributed by atoms with Crippen LogP contribution in [-0.4, -0.2) is 10.5 Å². The van der Waals surface area contributed by atoms with Gasteiger partial charge in [-0.15, -0.1) is 11.8 Å². The van der Waals surface area contributed by atoms with E-state index in [-0.39, 0.29) is 5.44 Å². The first-order valence-corrected chi connectivity index (χ1v) is 5.82. The van der Waals surface area contributed by atoms with E-state index in [2.05, 4.69) is 18.7 Å². The quantitative estimate of drug-likeness (QED) is 0.749. The Morgan fingerprint density at radius 2 is 2.36 bits per heavy atom. The van der Waals surface area contributed by atoms with Crippen molar-refractivity contribution in [2.24, 2.45) is 0 Å². The molecule has 0 heterocycles. The lowest BCUT2D eigenvalue weighted by Crippen LogP contribution is -1.98. The largest absolute Gasteiger partial charge is 0.382 e. The van der Waals surface area contributed by atoms with Crippen LogP contribution in [0.1, 0.15) is 24.5 Å². The first-order valence-electron chi connectivity index (χ1n) is 4.77. The van der Waals surface area contributed by atoms with Gasteiger partial charge in [-0.2, -0.15) is 0 Å². The molecule has 1 nitrogen and oxygen atoms in total. The maximum absolute atomic E-state index is 9.39. The highest BCUT2D eigenvalue weighted by molar-refractivity contribution is 7.98. The zero-order valence-corrected chi connectivity index (χ0v) is 9.26.